The molecular formula is C12H17BrN2O4. The van der Waals surface area contributed by atoms with Crippen LogP contribution in [0.4, 0.5) is 0 Å². The summed E-state index contributed by atoms with van der Waals surface area (Å²) in [7, 11) is 0. The maximum Gasteiger partial charge on any atom is 0.247 e. The fraction of sp³-hybridized carbons (Fsp3) is 0.417. The molecule has 1 rings (SSSR count). The van der Waals surface area contributed by atoms with Crippen molar-refractivity contribution in [2.24, 2.45) is 5.73 Å². The van der Waals surface area contributed by atoms with E-state index < -0.39 is 18.1 Å². The van der Waals surface area contributed by atoms with E-state index in [0.29, 0.717) is 5.75 Å². The topological polar surface area (TPSA) is 105 Å². The zero-order chi connectivity index (χ0) is 14.3. The zero-order valence-electron chi connectivity index (χ0n) is 10.3. The van der Waals surface area contributed by atoms with Crippen LogP contribution in [0.5, 0.6) is 5.75 Å². The fourth-order valence-electron chi connectivity index (χ4n) is 1.30. The van der Waals surface area contributed by atoms with Crippen molar-refractivity contribution in [1.82, 2.24) is 5.32 Å². The lowest BCUT2D eigenvalue weighted by molar-refractivity contribution is -0.125. The number of rotatable bonds is 8. The van der Waals surface area contributed by atoms with Gasteiger partial charge in [-0.1, -0.05) is 22.0 Å². The molecule has 6 nitrogen and oxygen atoms in total. The molecule has 0 radical (unpaired) electrons. The van der Waals surface area contributed by atoms with Crippen molar-refractivity contribution in [2.45, 2.75) is 12.2 Å². The monoisotopic (exact) mass is 332 g/mol. The smallest absolute Gasteiger partial charge is 0.247 e. The third-order valence-electron chi connectivity index (χ3n) is 2.28. The minimum atomic E-state index is -1.25. The van der Waals surface area contributed by atoms with E-state index >= 15 is 0 Å². The molecule has 19 heavy (non-hydrogen) atoms. The van der Waals surface area contributed by atoms with E-state index in [9.17, 15) is 9.90 Å². The molecule has 7 heteroatoms. The molecule has 1 amide bonds. The Morgan fingerprint density at radius 3 is 2.79 bits per heavy atom. The Bertz CT molecular complexity index is 416. The number of carbonyl (C=O) groups excluding carboxylic acids is 1. The first kappa shape index (κ1) is 15.9. The Labute approximate surface area is 119 Å². The second kappa shape index (κ2) is 8.11. The average molecular weight is 333 g/mol. The van der Waals surface area contributed by atoms with Gasteiger partial charge in [-0.25, -0.2) is 0 Å². The molecule has 0 aliphatic rings. The van der Waals surface area contributed by atoms with Gasteiger partial charge >= 0.3 is 0 Å². The fourth-order valence-corrected chi connectivity index (χ4v) is 1.67. The number of hydrogen-bond acceptors (Lipinski definition) is 5. The summed E-state index contributed by atoms with van der Waals surface area (Å²) in [6.45, 7) is 0.303. The van der Waals surface area contributed by atoms with E-state index in [1.165, 1.54) is 0 Å². The van der Waals surface area contributed by atoms with Gasteiger partial charge in [0, 0.05) is 17.6 Å². The summed E-state index contributed by atoms with van der Waals surface area (Å²) >= 11 is 3.31. The van der Waals surface area contributed by atoms with E-state index in [2.05, 4.69) is 21.2 Å². The summed E-state index contributed by atoms with van der Waals surface area (Å²) in [6, 6.07) is 7.27. The van der Waals surface area contributed by atoms with Crippen LogP contribution < -0.4 is 15.8 Å². The maximum absolute atomic E-state index is 10.6. The van der Waals surface area contributed by atoms with Gasteiger partial charge in [-0.15, -0.1) is 0 Å². The molecule has 2 unspecified atom stereocenters. The Morgan fingerprint density at radius 2 is 2.16 bits per heavy atom. The largest absolute Gasteiger partial charge is 0.491 e. The highest BCUT2D eigenvalue weighted by atomic mass is 79.9. The third kappa shape index (κ3) is 6.53. The summed E-state index contributed by atoms with van der Waals surface area (Å²) in [4.78, 5) is 10.6. The molecule has 0 fully saturated rings. The van der Waals surface area contributed by atoms with E-state index in [4.69, 9.17) is 15.6 Å². The normalized spacial score (nSPS) is 13.8. The van der Waals surface area contributed by atoms with Gasteiger partial charge in [-0.3, -0.25) is 4.79 Å². The molecule has 1 aromatic rings. The Balaban J connectivity index is 2.21. The number of aliphatic hydroxyl groups is 2. The first-order valence-electron chi connectivity index (χ1n) is 5.73. The Hall–Kier alpha value is -1.15. The van der Waals surface area contributed by atoms with Crippen molar-refractivity contribution in [1.29, 1.82) is 0 Å². The molecule has 5 N–H and O–H groups in total. The van der Waals surface area contributed by atoms with Gasteiger partial charge in [-0.05, 0) is 18.2 Å². The van der Waals surface area contributed by atoms with Crippen molar-refractivity contribution < 1.29 is 19.7 Å². The molecule has 0 aromatic heterocycles. The van der Waals surface area contributed by atoms with E-state index in [0.717, 1.165) is 4.47 Å². The summed E-state index contributed by atoms with van der Waals surface area (Å²) in [6.07, 6.45) is -2.00. The van der Waals surface area contributed by atoms with Crippen LogP contribution in [-0.2, 0) is 4.79 Å². The summed E-state index contributed by atoms with van der Waals surface area (Å²) in [5.41, 5.74) is 4.88. The first-order chi connectivity index (χ1) is 8.99. The van der Waals surface area contributed by atoms with Crippen LogP contribution in [0, 0.1) is 0 Å². The molecule has 0 spiro atoms. The maximum atomic E-state index is 10.6. The summed E-state index contributed by atoms with van der Waals surface area (Å²) in [5, 5.41) is 21.5. The summed E-state index contributed by atoms with van der Waals surface area (Å²) < 4.78 is 6.27. The minimum Gasteiger partial charge on any atom is -0.491 e. The average Bonchev–Trinajstić information content (AvgIpc) is 2.36. The highest BCUT2D eigenvalue weighted by molar-refractivity contribution is 9.10. The van der Waals surface area contributed by atoms with Crippen LogP contribution in [0.15, 0.2) is 28.7 Å². The number of amides is 1. The van der Waals surface area contributed by atoms with E-state index in [1.54, 1.807) is 12.1 Å². The number of hydrogen-bond donors (Lipinski definition) is 4. The van der Waals surface area contributed by atoms with Gasteiger partial charge in [0.25, 0.3) is 0 Å². The van der Waals surface area contributed by atoms with Crippen molar-refractivity contribution in [2.75, 3.05) is 19.7 Å². The van der Waals surface area contributed by atoms with Gasteiger partial charge in [0.05, 0.1) is 0 Å². The van der Waals surface area contributed by atoms with Crippen molar-refractivity contribution in [3.05, 3.63) is 28.7 Å². The molecule has 0 aliphatic heterocycles. The Kier molecular flexibility index (Phi) is 6.79. The highest BCUT2D eigenvalue weighted by Gasteiger charge is 2.11. The second-order valence-electron chi connectivity index (χ2n) is 4.00. The minimum absolute atomic E-state index is 0.00325. The number of ether oxygens (including phenoxy) is 1. The molecule has 106 valence electrons. The number of benzene rings is 1. The van der Waals surface area contributed by atoms with Crippen molar-refractivity contribution >= 4 is 21.8 Å². The van der Waals surface area contributed by atoms with Crippen molar-refractivity contribution in [3.63, 3.8) is 0 Å². The molecule has 0 aliphatic carbocycles. The number of halogens is 1. The molecule has 0 heterocycles. The molecular weight excluding hydrogens is 316 g/mol. The number of nitrogens with one attached hydrogen (secondary N) is 1. The van der Waals surface area contributed by atoms with Crippen LogP contribution in [0.3, 0.4) is 0 Å². The van der Waals surface area contributed by atoms with Crippen LogP contribution in [-0.4, -0.2) is 48.0 Å². The van der Waals surface area contributed by atoms with Crippen LogP contribution in [0.25, 0.3) is 0 Å². The molecule has 0 saturated carbocycles. The zero-order valence-corrected chi connectivity index (χ0v) is 11.8. The quantitative estimate of drug-likeness (QED) is 0.519. The lowest BCUT2D eigenvalue weighted by Crippen LogP contribution is -2.41. The lowest BCUT2D eigenvalue weighted by atomic mass is 10.3. The van der Waals surface area contributed by atoms with Crippen LogP contribution in [0.2, 0.25) is 0 Å². The predicted octanol–water partition coefficient (Wildman–Crippen LogP) is -0.375. The standard InChI is InChI=1S/C12H17BrN2O4/c13-8-2-1-3-10(4-8)19-7-9(16)5-15-6-11(17)12(14)18/h1-4,9,11,15-17H,5-7H2,(H2,14,18). The number of aliphatic hydroxyl groups excluding tert-OH is 2. The second-order valence-corrected chi connectivity index (χ2v) is 4.91. The van der Waals surface area contributed by atoms with Gasteiger partial charge in [0.15, 0.2) is 0 Å². The van der Waals surface area contributed by atoms with E-state index in [-0.39, 0.29) is 19.7 Å². The van der Waals surface area contributed by atoms with Gasteiger partial charge in [0.1, 0.15) is 24.6 Å². The molecule has 2 atom stereocenters. The first-order valence-corrected chi connectivity index (χ1v) is 6.53. The van der Waals surface area contributed by atoms with Crippen LogP contribution >= 0.6 is 15.9 Å². The highest BCUT2D eigenvalue weighted by Crippen LogP contribution is 2.17. The van der Waals surface area contributed by atoms with Gasteiger partial charge < -0.3 is 26.0 Å². The molecule has 0 saturated heterocycles. The molecule has 1 aromatic carbocycles. The van der Waals surface area contributed by atoms with Gasteiger partial charge in [-0.2, -0.15) is 0 Å². The number of carbonyl (C=O) groups is 1. The van der Waals surface area contributed by atoms with Crippen molar-refractivity contribution in [3.8, 4) is 5.75 Å². The summed E-state index contributed by atoms with van der Waals surface area (Å²) in [5.74, 6) is -0.155. The Morgan fingerprint density at radius 1 is 1.42 bits per heavy atom. The lowest BCUT2D eigenvalue weighted by Gasteiger charge is -2.14. The SMILES string of the molecule is NC(=O)C(O)CNCC(O)COc1cccc(Br)c1. The van der Waals surface area contributed by atoms with Crippen LogP contribution in [0.1, 0.15) is 0 Å². The third-order valence-corrected chi connectivity index (χ3v) is 2.78. The number of primary amides is 1. The molecule has 0 bridgehead atoms. The van der Waals surface area contributed by atoms with E-state index in [1.807, 2.05) is 12.1 Å². The predicted molar refractivity (Wildman–Crippen MR) is 73.7 cm³/mol. The van der Waals surface area contributed by atoms with Gasteiger partial charge in [0.2, 0.25) is 5.91 Å². The number of nitrogens with two attached hydrogens (primary N) is 1.